The summed E-state index contributed by atoms with van der Waals surface area (Å²) in [5.74, 6) is -0.847. The summed E-state index contributed by atoms with van der Waals surface area (Å²) in [6, 6.07) is 11.6. The van der Waals surface area contributed by atoms with Crippen molar-refractivity contribution in [1.82, 2.24) is 9.97 Å². The lowest BCUT2D eigenvalue weighted by Gasteiger charge is -2.03. The summed E-state index contributed by atoms with van der Waals surface area (Å²) in [6.07, 6.45) is 0. The lowest BCUT2D eigenvalue weighted by Crippen LogP contribution is -2.14. The molecular formula is C14H9BrFN3O. The zero-order valence-corrected chi connectivity index (χ0v) is 11.7. The Bertz CT molecular complexity index is 767. The van der Waals surface area contributed by atoms with E-state index in [-0.39, 0.29) is 5.56 Å². The van der Waals surface area contributed by atoms with Crippen LogP contribution in [0.15, 0.2) is 46.9 Å². The molecule has 100 valence electrons. The van der Waals surface area contributed by atoms with E-state index in [4.69, 9.17) is 0 Å². The van der Waals surface area contributed by atoms with E-state index < -0.39 is 11.7 Å². The number of rotatable bonds is 2. The normalized spacial score (nSPS) is 10.7. The highest BCUT2D eigenvalue weighted by molar-refractivity contribution is 9.10. The molecule has 0 aliphatic carbocycles. The van der Waals surface area contributed by atoms with Gasteiger partial charge in [-0.15, -0.1) is 0 Å². The summed E-state index contributed by atoms with van der Waals surface area (Å²) in [7, 11) is 0. The van der Waals surface area contributed by atoms with Gasteiger partial charge >= 0.3 is 0 Å². The van der Waals surface area contributed by atoms with Gasteiger partial charge in [0.15, 0.2) is 0 Å². The van der Waals surface area contributed by atoms with Crippen LogP contribution in [0, 0.1) is 5.82 Å². The van der Waals surface area contributed by atoms with Gasteiger partial charge in [-0.3, -0.25) is 10.1 Å². The van der Waals surface area contributed by atoms with Crippen LogP contribution in [0.2, 0.25) is 0 Å². The molecule has 0 fully saturated rings. The van der Waals surface area contributed by atoms with Gasteiger partial charge in [-0.05, 0) is 30.3 Å². The molecule has 2 N–H and O–H groups in total. The number of nitrogens with zero attached hydrogens (tertiary/aromatic N) is 1. The number of imidazole rings is 1. The van der Waals surface area contributed by atoms with Crippen LogP contribution in [0.4, 0.5) is 10.3 Å². The molecule has 1 heterocycles. The molecule has 4 nitrogen and oxygen atoms in total. The molecule has 20 heavy (non-hydrogen) atoms. The molecule has 0 aliphatic rings. The maximum Gasteiger partial charge on any atom is 0.260 e. The minimum atomic E-state index is -0.590. The van der Waals surface area contributed by atoms with Gasteiger partial charge in [0, 0.05) is 4.47 Å². The first kappa shape index (κ1) is 12.8. The third kappa shape index (κ3) is 2.42. The largest absolute Gasteiger partial charge is 0.324 e. The van der Waals surface area contributed by atoms with Crippen LogP contribution in [0.5, 0.6) is 0 Å². The number of hydrogen-bond acceptors (Lipinski definition) is 2. The van der Waals surface area contributed by atoms with E-state index in [0.717, 1.165) is 11.0 Å². The van der Waals surface area contributed by atoms with Crippen molar-refractivity contribution in [2.45, 2.75) is 0 Å². The van der Waals surface area contributed by atoms with E-state index in [0.29, 0.717) is 10.4 Å². The molecule has 0 saturated carbocycles. The van der Waals surface area contributed by atoms with Crippen molar-refractivity contribution < 1.29 is 9.18 Å². The van der Waals surface area contributed by atoms with Crippen LogP contribution in [-0.4, -0.2) is 15.9 Å². The molecule has 0 unspecified atom stereocenters. The molecule has 0 aliphatic heterocycles. The smallest absolute Gasteiger partial charge is 0.260 e. The number of fused-ring (bicyclic) bond motifs is 1. The quantitative estimate of drug-likeness (QED) is 0.750. The summed E-state index contributed by atoms with van der Waals surface area (Å²) in [5.41, 5.74) is 1.51. The number of hydrogen-bond donors (Lipinski definition) is 2. The van der Waals surface area contributed by atoms with Gasteiger partial charge in [-0.2, -0.15) is 0 Å². The second-order valence-corrected chi connectivity index (χ2v) is 5.10. The second kappa shape index (κ2) is 5.05. The number of H-pyrrole nitrogens is 1. The van der Waals surface area contributed by atoms with Crippen LogP contribution in [0.25, 0.3) is 11.0 Å². The molecule has 2 aromatic carbocycles. The molecule has 1 aromatic heterocycles. The van der Waals surface area contributed by atoms with E-state index in [9.17, 15) is 9.18 Å². The topological polar surface area (TPSA) is 57.8 Å². The van der Waals surface area contributed by atoms with Gasteiger partial charge in [0.25, 0.3) is 5.91 Å². The standard InChI is InChI=1S/C14H9BrFN3O/c15-8-5-6-9(10(16)7-8)13(20)19-14-17-11-3-1-2-4-12(11)18-14/h1-7H,(H2,17,18,19,20). The van der Waals surface area contributed by atoms with Gasteiger partial charge < -0.3 is 4.98 Å². The Labute approximate surface area is 122 Å². The zero-order chi connectivity index (χ0) is 14.1. The van der Waals surface area contributed by atoms with Gasteiger partial charge in [-0.25, -0.2) is 9.37 Å². The maximum atomic E-state index is 13.7. The van der Waals surface area contributed by atoms with Crippen LogP contribution >= 0.6 is 15.9 Å². The Kier molecular flexibility index (Phi) is 3.23. The predicted octanol–water partition coefficient (Wildman–Crippen LogP) is 3.72. The Balaban J connectivity index is 1.88. The first-order valence-corrected chi connectivity index (χ1v) is 6.64. The summed E-state index contributed by atoms with van der Waals surface area (Å²) in [4.78, 5) is 19.2. The number of nitrogens with one attached hydrogen (secondary N) is 2. The lowest BCUT2D eigenvalue weighted by molar-refractivity contribution is 0.102. The Morgan fingerprint density at radius 2 is 2.05 bits per heavy atom. The summed E-state index contributed by atoms with van der Waals surface area (Å²) < 4.78 is 14.3. The number of anilines is 1. The monoisotopic (exact) mass is 333 g/mol. The van der Waals surface area contributed by atoms with Crippen molar-refractivity contribution in [3.63, 3.8) is 0 Å². The van der Waals surface area contributed by atoms with Crippen LogP contribution in [0.3, 0.4) is 0 Å². The van der Waals surface area contributed by atoms with Crippen molar-refractivity contribution in [3.05, 3.63) is 58.3 Å². The fourth-order valence-electron chi connectivity index (χ4n) is 1.86. The van der Waals surface area contributed by atoms with E-state index >= 15 is 0 Å². The fraction of sp³-hybridized carbons (Fsp3) is 0. The van der Waals surface area contributed by atoms with Gasteiger partial charge in [0.05, 0.1) is 16.6 Å². The Morgan fingerprint density at radius 1 is 1.25 bits per heavy atom. The minimum Gasteiger partial charge on any atom is -0.324 e. The van der Waals surface area contributed by atoms with E-state index in [1.165, 1.54) is 12.1 Å². The molecular weight excluding hydrogens is 325 g/mol. The van der Waals surface area contributed by atoms with Crippen LogP contribution in [-0.2, 0) is 0 Å². The number of aromatic amines is 1. The highest BCUT2D eigenvalue weighted by Gasteiger charge is 2.13. The molecule has 0 spiro atoms. The van der Waals surface area contributed by atoms with Crippen LogP contribution in [0.1, 0.15) is 10.4 Å². The Morgan fingerprint density at radius 3 is 2.80 bits per heavy atom. The van der Waals surface area contributed by atoms with Gasteiger partial charge in [0.1, 0.15) is 5.82 Å². The molecule has 0 radical (unpaired) electrons. The lowest BCUT2D eigenvalue weighted by atomic mass is 10.2. The highest BCUT2D eigenvalue weighted by Crippen LogP contribution is 2.17. The van der Waals surface area contributed by atoms with Crippen LogP contribution < -0.4 is 5.32 Å². The minimum absolute atomic E-state index is 0.0337. The molecule has 3 rings (SSSR count). The third-order valence-corrected chi connectivity index (χ3v) is 3.29. The second-order valence-electron chi connectivity index (χ2n) is 4.18. The molecule has 0 bridgehead atoms. The zero-order valence-electron chi connectivity index (χ0n) is 10.2. The molecule has 0 atom stereocenters. The summed E-state index contributed by atoms with van der Waals surface area (Å²) in [5, 5.41) is 2.55. The van der Waals surface area contributed by atoms with E-state index in [2.05, 4.69) is 31.2 Å². The first-order valence-electron chi connectivity index (χ1n) is 5.84. The fourth-order valence-corrected chi connectivity index (χ4v) is 2.19. The molecule has 6 heteroatoms. The SMILES string of the molecule is O=C(Nc1nc2ccccc2[nH]1)c1ccc(Br)cc1F. The molecule has 3 aromatic rings. The van der Waals surface area contributed by atoms with Crippen molar-refractivity contribution >= 4 is 38.8 Å². The van der Waals surface area contributed by atoms with Crippen molar-refractivity contribution in [3.8, 4) is 0 Å². The average Bonchev–Trinajstić information content (AvgIpc) is 2.80. The number of halogens is 2. The van der Waals surface area contributed by atoms with Crippen molar-refractivity contribution in [2.75, 3.05) is 5.32 Å². The Hall–Kier alpha value is -2.21. The summed E-state index contributed by atoms with van der Waals surface area (Å²) >= 11 is 3.15. The third-order valence-electron chi connectivity index (χ3n) is 2.80. The first-order chi connectivity index (χ1) is 9.63. The number of aromatic nitrogens is 2. The number of benzene rings is 2. The number of para-hydroxylation sites is 2. The van der Waals surface area contributed by atoms with E-state index in [1.54, 1.807) is 6.07 Å². The molecule has 0 saturated heterocycles. The number of carbonyl (C=O) groups excluding carboxylic acids is 1. The average molecular weight is 334 g/mol. The summed E-state index contributed by atoms with van der Waals surface area (Å²) in [6.45, 7) is 0. The van der Waals surface area contributed by atoms with Gasteiger partial charge in [0.2, 0.25) is 5.95 Å². The van der Waals surface area contributed by atoms with Crippen molar-refractivity contribution in [1.29, 1.82) is 0 Å². The van der Waals surface area contributed by atoms with Gasteiger partial charge in [-0.1, -0.05) is 28.1 Å². The predicted molar refractivity (Wildman–Crippen MR) is 78.1 cm³/mol. The number of amides is 1. The van der Waals surface area contributed by atoms with Crippen molar-refractivity contribution in [2.24, 2.45) is 0 Å². The van der Waals surface area contributed by atoms with E-state index in [1.807, 2.05) is 24.3 Å². The molecule has 1 amide bonds. The highest BCUT2D eigenvalue weighted by atomic mass is 79.9. The maximum absolute atomic E-state index is 13.7. The number of carbonyl (C=O) groups is 1.